The van der Waals surface area contributed by atoms with Gasteiger partial charge in [-0.25, -0.2) is 18.6 Å². The van der Waals surface area contributed by atoms with Crippen LogP contribution in [0.15, 0.2) is 35.8 Å². The Morgan fingerprint density at radius 3 is 2.46 bits per heavy atom. The van der Waals surface area contributed by atoms with E-state index in [9.17, 15) is 18.4 Å². The summed E-state index contributed by atoms with van der Waals surface area (Å²) in [6.07, 6.45) is 1.67. The van der Waals surface area contributed by atoms with E-state index in [4.69, 9.17) is 4.74 Å². The van der Waals surface area contributed by atoms with Crippen LogP contribution in [0.4, 0.5) is 8.78 Å². The molecule has 8 heteroatoms. The van der Waals surface area contributed by atoms with Gasteiger partial charge in [-0.15, -0.1) is 11.3 Å². The molecule has 0 radical (unpaired) electrons. The topological polar surface area (TPSA) is 61.2 Å². The number of rotatable bonds is 5. The number of aromatic nitrogens is 2. The number of halogens is 2. The van der Waals surface area contributed by atoms with E-state index in [2.05, 4.69) is 4.98 Å². The van der Waals surface area contributed by atoms with Gasteiger partial charge in [0, 0.05) is 34.6 Å². The van der Waals surface area contributed by atoms with Crippen LogP contribution in [-0.2, 0) is 4.74 Å². The van der Waals surface area contributed by atoms with Crippen molar-refractivity contribution in [1.29, 1.82) is 0 Å². The molecule has 5 nitrogen and oxygen atoms in total. The zero-order valence-corrected chi connectivity index (χ0v) is 14.8. The van der Waals surface area contributed by atoms with Crippen molar-refractivity contribution in [3.8, 4) is 5.13 Å². The fraction of sp³-hybridized carbons (Fsp3) is 0.167. The molecule has 1 aromatic carbocycles. The Bertz CT molecular complexity index is 960. The maximum absolute atomic E-state index is 13.2. The minimum Gasteiger partial charge on any atom is -0.454 e. The zero-order chi connectivity index (χ0) is 18.8. The van der Waals surface area contributed by atoms with Gasteiger partial charge >= 0.3 is 5.97 Å². The highest BCUT2D eigenvalue weighted by atomic mass is 32.1. The lowest BCUT2D eigenvalue weighted by Crippen LogP contribution is -2.15. The van der Waals surface area contributed by atoms with Crippen molar-refractivity contribution in [2.75, 3.05) is 6.61 Å². The molecule has 0 fully saturated rings. The molecule has 0 spiro atoms. The molecule has 0 bridgehead atoms. The summed E-state index contributed by atoms with van der Waals surface area (Å²) >= 11 is 1.43. The van der Waals surface area contributed by atoms with Crippen molar-refractivity contribution in [2.24, 2.45) is 0 Å². The van der Waals surface area contributed by atoms with Crippen molar-refractivity contribution in [3.63, 3.8) is 0 Å². The fourth-order valence-corrected chi connectivity index (χ4v) is 3.38. The van der Waals surface area contributed by atoms with Gasteiger partial charge in [-0.05, 0) is 32.0 Å². The van der Waals surface area contributed by atoms with Crippen molar-refractivity contribution in [3.05, 3.63) is 70.0 Å². The summed E-state index contributed by atoms with van der Waals surface area (Å²) < 4.78 is 33.1. The minimum atomic E-state index is -0.967. The quantitative estimate of drug-likeness (QED) is 0.501. The first-order valence-electron chi connectivity index (χ1n) is 7.62. The van der Waals surface area contributed by atoms with Crippen LogP contribution in [0.25, 0.3) is 5.13 Å². The highest BCUT2D eigenvalue weighted by Crippen LogP contribution is 2.22. The smallest absolute Gasteiger partial charge is 0.338 e. The Kier molecular flexibility index (Phi) is 4.94. The number of carbonyl (C=O) groups excluding carboxylic acids is 2. The van der Waals surface area contributed by atoms with E-state index >= 15 is 0 Å². The fourth-order valence-electron chi connectivity index (χ4n) is 2.63. The van der Waals surface area contributed by atoms with Gasteiger partial charge in [-0.1, -0.05) is 0 Å². The van der Waals surface area contributed by atoms with Crippen molar-refractivity contribution in [2.45, 2.75) is 13.8 Å². The Labute approximate surface area is 151 Å². The van der Waals surface area contributed by atoms with Gasteiger partial charge in [-0.2, -0.15) is 0 Å². The summed E-state index contributed by atoms with van der Waals surface area (Å²) in [6, 6.07) is 4.04. The van der Waals surface area contributed by atoms with Gasteiger partial charge in [0.25, 0.3) is 0 Å². The van der Waals surface area contributed by atoms with Gasteiger partial charge in [0.1, 0.15) is 11.6 Å². The minimum absolute atomic E-state index is 0.288. The molecular weight excluding hydrogens is 362 g/mol. The Hall–Kier alpha value is -2.87. The van der Waals surface area contributed by atoms with Crippen LogP contribution in [0.1, 0.15) is 32.1 Å². The molecule has 0 saturated carbocycles. The predicted octanol–water partition coefficient (Wildman–Crippen LogP) is 3.87. The molecule has 0 amide bonds. The summed E-state index contributed by atoms with van der Waals surface area (Å²) in [5.41, 5.74) is 1.61. The first kappa shape index (κ1) is 17.9. The number of benzene rings is 1. The third kappa shape index (κ3) is 3.55. The normalized spacial score (nSPS) is 10.8. The van der Waals surface area contributed by atoms with Crippen LogP contribution in [0.5, 0.6) is 0 Å². The van der Waals surface area contributed by atoms with E-state index in [1.165, 1.54) is 11.3 Å². The summed E-state index contributed by atoms with van der Waals surface area (Å²) in [5.74, 6) is -3.16. The summed E-state index contributed by atoms with van der Waals surface area (Å²) in [4.78, 5) is 28.5. The van der Waals surface area contributed by atoms with E-state index in [0.717, 1.165) is 23.0 Å². The molecule has 2 heterocycles. The maximum atomic E-state index is 13.2. The largest absolute Gasteiger partial charge is 0.454 e. The average Bonchev–Trinajstić information content (AvgIpc) is 3.19. The number of esters is 1. The van der Waals surface area contributed by atoms with E-state index in [1.807, 2.05) is 16.9 Å². The van der Waals surface area contributed by atoms with E-state index in [0.29, 0.717) is 17.3 Å². The number of ketones is 1. The van der Waals surface area contributed by atoms with Crippen LogP contribution in [0, 0.1) is 25.5 Å². The lowest BCUT2D eigenvalue weighted by Gasteiger charge is -2.06. The highest BCUT2D eigenvalue weighted by molar-refractivity contribution is 7.12. The number of nitrogens with zero attached hydrogens (tertiary/aromatic N) is 2. The van der Waals surface area contributed by atoms with Crippen molar-refractivity contribution < 1.29 is 23.1 Å². The lowest BCUT2D eigenvalue weighted by molar-refractivity contribution is 0.0473. The summed E-state index contributed by atoms with van der Waals surface area (Å²) in [7, 11) is 0. The zero-order valence-electron chi connectivity index (χ0n) is 14.0. The number of thiazole rings is 1. The number of carbonyl (C=O) groups is 2. The molecule has 2 aromatic heterocycles. The Balaban J connectivity index is 1.75. The van der Waals surface area contributed by atoms with Gasteiger partial charge in [0.2, 0.25) is 5.78 Å². The second-order valence-corrected chi connectivity index (χ2v) is 6.47. The number of aryl methyl sites for hydroxylation is 1. The molecule has 3 aromatic rings. The Morgan fingerprint density at radius 1 is 1.15 bits per heavy atom. The van der Waals surface area contributed by atoms with Crippen LogP contribution in [0.3, 0.4) is 0 Å². The van der Waals surface area contributed by atoms with E-state index in [1.54, 1.807) is 19.2 Å². The van der Waals surface area contributed by atoms with E-state index in [-0.39, 0.29) is 5.56 Å². The number of hydrogen-bond acceptors (Lipinski definition) is 5. The van der Waals surface area contributed by atoms with Gasteiger partial charge in [0.05, 0.1) is 5.56 Å². The summed E-state index contributed by atoms with van der Waals surface area (Å²) in [5, 5.41) is 2.56. The van der Waals surface area contributed by atoms with Crippen LogP contribution >= 0.6 is 11.3 Å². The first-order valence-corrected chi connectivity index (χ1v) is 8.50. The average molecular weight is 376 g/mol. The standard InChI is InChI=1S/C18H14F2N2O3S/c1-10-5-15(11(2)22(10)18-21-3-4-26-18)16(23)9-25-17(24)12-6-13(19)8-14(20)7-12/h3-8H,9H2,1-2H3. The molecular formula is C18H14F2N2O3S. The van der Waals surface area contributed by atoms with Gasteiger partial charge in [-0.3, -0.25) is 9.36 Å². The molecule has 26 heavy (non-hydrogen) atoms. The number of Topliss-reactive ketones (excluding diaryl/α,β-unsaturated/α-hetero) is 1. The molecule has 0 aliphatic carbocycles. The SMILES string of the molecule is Cc1cc(C(=O)COC(=O)c2cc(F)cc(F)c2)c(C)n1-c1nccs1. The molecule has 0 aliphatic heterocycles. The maximum Gasteiger partial charge on any atom is 0.338 e. The molecule has 0 atom stereocenters. The Morgan fingerprint density at radius 2 is 1.85 bits per heavy atom. The number of hydrogen-bond donors (Lipinski definition) is 0. The molecule has 0 unspecified atom stereocenters. The summed E-state index contributed by atoms with van der Waals surface area (Å²) in [6.45, 7) is 3.08. The highest BCUT2D eigenvalue weighted by Gasteiger charge is 2.20. The first-order chi connectivity index (χ1) is 12.4. The van der Waals surface area contributed by atoms with Gasteiger partial charge < -0.3 is 4.74 Å². The monoisotopic (exact) mass is 376 g/mol. The molecule has 3 rings (SSSR count). The van der Waals surface area contributed by atoms with E-state index < -0.39 is 30.0 Å². The van der Waals surface area contributed by atoms with Crippen LogP contribution < -0.4 is 0 Å². The second kappa shape index (κ2) is 7.17. The van der Waals surface area contributed by atoms with Crippen LogP contribution in [0.2, 0.25) is 0 Å². The predicted molar refractivity (Wildman–Crippen MR) is 91.9 cm³/mol. The van der Waals surface area contributed by atoms with Crippen LogP contribution in [-0.4, -0.2) is 27.9 Å². The third-order valence-corrected chi connectivity index (χ3v) is 4.53. The number of ether oxygens (including phenoxy) is 1. The van der Waals surface area contributed by atoms with Gasteiger partial charge in [0.15, 0.2) is 11.7 Å². The second-order valence-electron chi connectivity index (χ2n) is 5.59. The molecule has 0 aliphatic rings. The molecule has 0 saturated heterocycles. The molecule has 134 valence electrons. The van der Waals surface area contributed by atoms with Crippen molar-refractivity contribution >= 4 is 23.1 Å². The third-order valence-electron chi connectivity index (χ3n) is 3.77. The molecule has 0 N–H and O–H groups in total. The lowest BCUT2D eigenvalue weighted by atomic mass is 10.1. The van der Waals surface area contributed by atoms with Crippen molar-refractivity contribution in [1.82, 2.24) is 9.55 Å².